The number of benzene rings is 3. The molecule has 3 N–H and O–H groups in total. The van der Waals surface area contributed by atoms with Crippen LogP contribution in [-0.4, -0.2) is 18.1 Å². The first kappa shape index (κ1) is 19.1. The van der Waals surface area contributed by atoms with Crippen molar-refractivity contribution < 1.29 is 9.53 Å². The Labute approximate surface area is 174 Å². The second-order valence-electron chi connectivity index (χ2n) is 6.93. The number of ether oxygens (including phenoxy) is 1. The highest BCUT2D eigenvalue weighted by Gasteiger charge is 2.14. The van der Waals surface area contributed by atoms with Gasteiger partial charge in [0.2, 0.25) is 0 Å². The summed E-state index contributed by atoms with van der Waals surface area (Å²) in [5.74, 6) is 0.711. The number of nitrogens with one attached hydrogen (secondary N) is 3. The maximum absolute atomic E-state index is 12.4. The first-order chi connectivity index (χ1) is 14.6. The maximum atomic E-state index is 12.4. The molecule has 30 heavy (non-hydrogen) atoms. The normalized spacial score (nSPS) is 10.4. The molecule has 0 unspecified atom stereocenters. The molecular formula is C24H20N4O2. The van der Waals surface area contributed by atoms with Crippen molar-refractivity contribution in [2.45, 2.75) is 6.92 Å². The molecule has 6 nitrogen and oxygen atoms in total. The number of nitrogens with zero attached hydrogens (tertiary/aromatic N) is 1. The van der Waals surface area contributed by atoms with Gasteiger partial charge in [-0.15, -0.1) is 0 Å². The lowest BCUT2D eigenvalue weighted by Gasteiger charge is -2.09. The van der Waals surface area contributed by atoms with Crippen LogP contribution in [0.25, 0.3) is 22.2 Å². The van der Waals surface area contributed by atoms with Crippen LogP contribution in [0.3, 0.4) is 0 Å². The number of aryl methyl sites for hydroxylation is 1. The zero-order valence-electron chi connectivity index (χ0n) is 16.6. The zero-order valence-corrected chi connectivity index (χ0v) is 16.6. The lowest BCUT2D eigenvalue weighted by Crippen LogP contribution is -2.19. The highest BCUT2D eigenvalue weighted by Crippen LogP contribution is 2.32. The molecule has 2 amide bonds. The van der Waals surface area contributed by atoms with Gasteiger partial charge in [-0.2, -0.15) is 5.26 Å². The number of aromatic nitrogens is 1. The number of carbonyl (C=O) groups is 1. The van der Waals surface area contributed by atoms with Gasteiger partial charge >= 0.3 is 6.03 Å². The van der Waals surface area contributed by atoms with Crippen molar-refractivity contribution in [2.75, 3.05) is 17.7 Å². The smallest absolute Gasteiger partial charge is 0.323 e. The van der Waals surface area contributed by atoms with Crippen molar-refractivity contribution in [3.05, 3.63) is 77.9 Å². The van der Waals surface area contributed by atoms with Gasteiger partial charge in [-0.1, -0.05) is 24.3 Å². The number of nitriles is 1. The minimum atomic E-state index is -0.334. The molecule has 1 aromatic heterocycles. The third-order valence-corrected chi connectivity index (χ3v) is 4.80. The minimum absolute atomic E-state index is 0.334. The summed E-state index contributed by atoms with van der Waals surface area (Å²) in [6, 6.07) is 22.5. The quantitative estimate of drug-likeness (QED) is 0.415. The molecule has 0 atom stereocenters. The number of carbonyl (C=O) groups excluding carboxylic acids is 1. The maximum Gasteiger partial charge on any atom is 0.323 e. The van der Waals surface area contributed by atoms with Gasteiger partial charge in [-0.3, -0.25) is 0 Å². The molecule has 0 aliphatic rings. The summed E-state index contributed by atoms with van der Waals surface area (Å²) in [7, 11) is 1.60. The number of urea groups is 1. The predicted octanol–water partition coefficient (Wildman–Crippen LogP) is 5.67. The molecular weight excluding hydrogens is 376 g/mol. The number of amides is 2. The molecule has 0 aliphatic heterocycles. The molecule has 1 heterocycles. The summed E-state index contributed by atoms with van der Waals surface area (Å²) >= 11 is 0. The topological polar surface area (TPSA) is 89.9 Å². The average molecular weight is 396 g/mol. The second kappa shape index (κ2) is 8.02. The number of methoxy groups -OCH3 is 1. The van der Waals surface area contributed by atoms with Crippen molar-refractivity contribution in [1.29, 1.82) is 5.26 Å². The van der Waals surface area contributed by atoms with Gasteiger partial charge in [0.05, 0.1) is 23.9 Å². The fourth-order valence-corrected chi connectivity index (χ4v) is 3.40. The number of rotatable bonds is 4. The fraction of sp³-hybridized carbons (Fsp3) is 0.0833. The number of fused-ring (bicyclic) bond motifs is 1. The van der Waals surface area contributed by atoms with E-state index in [4.69, 9.17) is 4.74 Å². The van der Waals surface area contributed by atoms with E-state index in [1.807, 2.05) is 67.6 Å². The Balaban J connectivity index is 1.62. The summed E-state index contributed by atoms with van der Waals surface area (Å²) in [6.45, 7) is 1.97. The van der Waals surface area contributed by atoms with Crippen LogP contribution >= 0.6 is 0 Å². The fourth-order valence-electron chi connectivity index (χ4n) is 3.40. The van der Waals surface area contributed by atoms with Crippen molar-refractivity contribution >= 4 is 28.3 Å². The summed E-state index contributed by atoms with van der Waals surface area (Å²) in [5.41, 5.74) is 5.27. The van der Waals surface area contributed by atoms with Gasteiger partial charge in [-0.25, -0.2) is 4.79 Å². The van der Waals surface area contributed by atoms with Gasteiger partial charge < -0.3 is 20.4 Å². The lowest BCUT2D eigenvalue weighted by atomic mass is 10.1. The third-order valence-electron chi connectivity index (χ3n) is 4.80. The number of aromatic amines is 1. The Kier molecular flexibility index (Phi) is 5.10. The monoisotopic (exact) mass is 396 g/mol. The standard InChI is InChI=1S/C24H20N4O2/c1-15-5-3-7-17(11-15)26-24(29)27-18-8-4-6-16(12-18)23-21(14-25)20-10-9-19(30-2)13-22(20)28-23/h3-13,28H,1-2H3,(H2,26,27,29). The van der Waals surface area contributed by atoms with Crippen LogP contribution in [0, 0.1) is 18.3 Å². The van der Waals surface area contributed by atoms with Crippen LogP contribution in [0.1, 0.15) is 11.1 Å². The Morgan fingerprint density at radius 2 is 1.73 bits per heavy atom. The summed E-state index contributed by atoms with van der Waals surface area (Å²) < 4.78 is 5.27. The molecule has 0 fully saturated rings. The van der Waals surface area contributed by atoms with Crippen LogP contribution < -0.4 is 15.4 Å². The van der Waals surface area contributed by atoms with Crippen molar-refractivity contribution in [1.82, 2.24) is 4.98 Å². The molecule has 4 rings (SSSR count). The van der Waals surface area contributed by atoms with Crippen LogP contribution in [0.4, 0.5) is 16.2 Å². The molecule has 0 aliphatic carbocycles. The number of H-pyrrole nitrogens is 1. The molecule has 4 aromatic rings. The van der Waals surface area contributed by atoms with E-state index in [1.54, 1.807) is 13.2 Å². The van der Waals surface area contributed by atoms with E-state index in [-0.39, 0.29) is 6.03 Å². The van der Waals surface area contributed by atoms with Crippen molar-refractivity contribution in [3.8, 4) is 23.1 Å². The summed E-state index contributed by atoms with van der Waals surface area (Å²) in [6.07, 6.45) is 0. The van der Waals surface area contributed by atoms with E-state index in [2.05, 4.69) is 21.7 Å². The highest BCUT2D eigenvalue weighted by molar-refractivity contribution is 6.00. The first-order valence-electron chi connectivity index (χ1n) is 9.42. The van der Waals surface area contributed by atoms with Gasteiger partial charge in [-0.05, 0) is 48.9 Å². The first-order valence-corrected chi connectivity index (χ1v) is 9.42. The number of anilines is 2. The molecule has 0 saturated heterocycles. The molecule has 6 heteroatoms. The lowest BCUT2D eigenvalue weighted by molar-refractivity contribution is 0.262. The zero-order chi connectivity index (χ0) is 21.1. The van der Waals surface area contributed by atoms with Crippen LogP contribution in [-0.2, 0) is 0 Å². The van der Waals surface area contributed by atoms with Gasteiger partial charge in [0.1, 0.15) is 11.8 Å². The SMILES string of the molecule is COc1ccc2c(C#N)c(-c3cccc(NC(=O)Nc4cccc(C)c4)c3)[nH]c2c1. The van der Waals surface area contributed by atoms with E-state index in [1.165, 1.54) is 0 Å². The van der Waals surface area contributed by atoms with Crippen molar-refractivity contribution in [2.24, 2.45) is 0 Å². The molecule has 0 saturated carbocycles. The molecule has 148 valence electrons. The Bertz CT molecular complexity index is 1280. The molecule has 0 spiro atoms. The largest absolute Gasteiger partial charge is 0.497 e. The Hall–Kier alpha value is -4.24. The molecule has 3 aromatic carbocycles. The average Bonchev–Trinajstić information content (AvgIpc) is 3.11. The number of hydrogen-bond acceptors (Lipinski definition) is 3. The van der Waals surface area contributed by atoms with Crippen molar-refractivity contribution in [3.63, 3.8) is 0 Å². The third kappa shape index (κ3) is 3.82. The Morgan fingerprint density at radius 3 is 2.43 bits per heavy atom. The molecule has 0 bridgehead atoms. The summed E-state index contributed by atoms with van der Waals surface area (Å²) in [5, 5.41) is 16.2. The van der Waals surface area contributed by atoms with E-state index in [0.717, 1.165) is 27.7 Å². The van der Waals surface area contributed by atoms with Crippen LogP contribution in [0.15, 0.2) is 66.7 Å². The van der Waals surface area contributed by atoms with E-state index in [9.17, 15) is 10.1 Å². The van der Waals surface area contributed by atoms with E-state index < -0.39 is 0 Å². The van der Waals surface area contributed by atoms with E-state index in [0.29, 0.717) is 22.7 Å². The Morgan fingerprint density at radius 1 is 1.00 bits per heavy atom. The predicted molar refractivity (Wildman–Crippen MR) is 119 cm³/mol. The van der Waals surface area contributed by atoms with Gasteiger partial charge in [0, 0.05) is 28.4 Å². The van der Waals surface area contributed by atoms with E-state index >= 15 is 0 Å². The minimum Gasteiger partial charge on any atom is -0.497 e. The summed E-state index contributed by atoms with van der Waals surface area (Å²) in [4.78, 5) is 15.7. The highest BCUT2D eigenvalue weighted by atomic mass is 16.5. The van der Waals surface area contributed by atoms with Gasteiger partial charge in [0.15, 0.2) is 0 Å². The van der Waals surface area contributed by atoms with Gasteiger partial charge in [0.25, 0.3) is 0 Å². The second-order valence-corrected chi connectivity index (χ2v) is 6.93. The number of hydrogen-bond donors (Lipinski definition) is 3. The van der Waals surface area contributed by atoms with Crippen LogP contribution in [0.5, 0.6) is 5.75 Å². The van der Waals surface area contributed by atoms with Crippen LogP contribution in [0.2, 0.25) is 0 Å². The molecule has 0 radical (unpaired) electrons.